The topological polar surface area (TPSA) is 12.9 Å². The highest BCUT2D eigenvalue weighted by Gasteiger charge is 1.99. The monoisotopic (exact) mass is 259 g/mol. The second-order valence-corrected chi connectivity index (χ2v) is 4.72. The van der Waals surface area contributed by atoms with E-state index in [-0.39, 0.29) is 0 Å². The Balaban J connectivity index is 3.14. The molecule has 0 aliphatic carbocycles. The smallest absolute Gasteiger partial charge is 0.184 e. The molecule has 1 rings (SSSR count). The summed E-state index contributed by atoms with van der Waals surface area (Å²) >= 11 is 9.30. The van der Waals surface area contributed by atoms with E-state index in [1.165, 1.54) is 14.2 Å². The lowest BCUT2D eigenvalue weighted by Crippen LogP contribution is -1.68. The van der Waals surface area contributed by atoms with Gasteiger partial charge < -0.3 is 0 Å². The molecule has 1 nitrogen and oxygen atoms in total. The van der Waals surface area contributed by atoms with Crippen LogP contribution in [0.2, 0.25) is 4.47 Å². The zero-order valence-electron chi connectivity index (χ0n) is 4.11. The lowest BCUT2D eigenvalue weighted by molar-refractivity contribution is 1.25. The van der Waals surface area contributed by atoms with Crippen molar-refractivity contribution in [3.63, 3.8) is 0 Å². The molecular weight excluding hydrogens is 256 g/mol. The second-order valence-electron chi connectivity index (χ2n) is 1.33. The van der Waals surface area contributed by atoms with E-state index >= 15 is 0 Å². The van der Waals surface area contributed by atoms with Crippen LogP contribution < -0.4 is 0 Å². The van der Waals surface area contributed by atoms with Crippen LogP contribution in [0.3, 0.4) is 0 Å². The normalized spacial score (nSPS) is 9.88. The van der Waals surface area contributed by atoms with E-state index < -0.39 is 0 Å². The predicted molar refractivity (Wildman–Crippen MR) is 44.6 cm³/mol. The molecule has 0 aliphatic rings. The van der Waals surface area contributed by atoms with Crippen LogP contribution in [0.5, 0.6) is 0 Å². The molecule has 0 fully saturated rings. The van der Waals surface area contributed by atoms with E-state index in [4.69, 9.17) is 11.6 Å². The molecule has 0 unspecified atom stereocenters. The molecule has 1 aromatic rings. The molecule has 0 saturated carbocycles. The SMILES string of the molecule is Cc1nc(Cl)sc1I. The van der Waals surface area contributed by atoms with E-state index in [1.54, 1.807) is 0 Å². The standard InChI is InChI=1S/C4H3ClINS/c1-2-3(6)8-4(5)7-2/h1H3. The summed E-state index contributed by atoms with van der Waals surface area (Å²) in [6, 6.07) is 0. The van der Waals surface area contributed by atoms with Crippen molar-refractivity contribution in [1.29, 1.82) is 0 Å². The summed E-state index contributed by atoms with van der Waals surface area (Å²) in [6.07, 6.45) is 0. The van der Waals surface area contributed by atoms with Crippen LogP contribution in [0, 0.1) is 9.81 Å². The van der Waals surface area contributed by atoms with Crippen LogP contribution in [0.25, 0.3) is 0 Å². The van der Waals surface area contributed by atoms with Gasteiger partial charge in [-0.2, -0.15) is 0 Å². The first-order valence-electron chi connectivity index (χ1n) is 1.98. The first-order valence-corrected chi connectivity index (χ1v) is 4.26. The van der Waals surface area contributed by atoms with Crippen molar-refractivity contribution < 1.29 is 0 Å². The van der Waals surface area contributed by atoms with Gasteiger partial charge in [-0.3, -0.25) is 0 Å². The number of aryl methyl sites for hydroxylation is 1. The lowest BCUT2D eigenvalue weighted by Gasteiger charge is -1.75. The fourth-order valence-corrected chi connectivity index (χ4v) is 2.37. The number of aromatic nitrogens is 1. The van der Waals surface area contributed by atoms with E-state index in [0.29, 0.717) is 4.47 Å². The average molecular weight is 259 g/mol. The van der Waals surface area contributed by atoms with Crippen molar-refractivity contribution in [2.45, 2.75) is 6.92 Å². The van der Waals surface area contributed by atoms with Gasteiger partial charge in [0.15, 0.2) is 4.47 Å². The Labute approximate surface area is 70.2 Å². The fourth-order valence-electron chi connectivity index (χ4n) is 0.346. The molecule has 4 heteroatoms. The minimum atomic E-state index is 0.631. The van der Waals surface area contributed by atoms with Gasteiger partial charge >= 0.3 is 0 Å². The predicted octanol–water partition coefficient (Wildman–Crippen LogP) is 2.71. The zero-order valence-corrected chi connectivity index (χ0v) is 7.84. The van der Waals surface area contributed by atoms with Crippen LogP contribution in [-0.4, -0.2) is 4.98 Å². The van der Waals surface area contributed by atoms with Gasteiger partial charge in [-0.15, -0.1) is 0 Å². The van der Waals surface area contributed by atoms with Gasteiger partial charge in [0.05, 0.1) is 8.58 Å². The minimum absolute atomic E-state index is 0.631. The van der Waals surface area contributed by atoms with Crippen molar-refractivity contribution in [2.24, 2.45) is 0 Å². The van der Waals surface area contributed by atoms with Crippen molar-refractivity contribution in [2.75, 3.05) is 0 Å². The molecule has 44 valence electrons. The van der Waals surface area contributed by atoms with E-state index in [1.807, 2.05) is 6.92 Å². The Morgan fingerprint density at radius 3 is 2.50 bits per heavy atom. The molecular formula is C4H3ClINS. The van der Waals surface area contributed by atoms with Gasteiger partial charge in [-0.25, -0.2) is 4.98 Å². The number of rotatable bonds is 0. The highest BCUT2D eigenvalue weighted by Crippen LogP contribution is 2.22. The molecule has 8 heavy (non-hydrogen) atoms. The first-order chi connectivity index (χ1) is 3.70. The van der Waals surface area contributed by atoms with Gasteiger partial charge in [0, 0.05) is 0 Å². The minimum Gasteiger partial charge on any atom is -0.229 e. The van der Waals surface area contributed by atoms with Crippen LogP contribution in [0.4, 0.5) is 0 Å². The number of thiazole rings is 1. The van der Waals surface area contributed by atoms with Crippen molar-refractivity contribution in [1.82, 2.24) is 4.98 Å². The zero-order chi connectivity index (χ0) is 6.15. The number of nitrogens with zero attached hydrogens (tertiary/aromatic N) is 1. The Hall–Kier alpha value is 0.650. The van der Waals surface area contributed by atoms with Gasteiger partial charge in [-0.05, 0) is 29.5 Å². The van der Waals surface area contributed by atoms with Crippen LogP contribution >= 0.6 is 45.5 Å². The number of halogens is 2. The Bertz CT molecular complexity index is 178. The summed E-state index contributed by atoms with van der Waals surface area (Å²) in [6.45, 7) is 1.95. The summed E-state index contributed by atoms with van der Waals surface area (Å²) < 4.78 is 1.81. The molecule has 0 bridgehead atoms. The summed E-state index contributed by atoms with van der Waals surface area (Å²) in [5.41, 5.74) is 1.03. The van der Waals surface area contributed by atoms with Crippen molar-refractivity contribution in [3.8, 4) is 0 Å². The first kappa shape index (κ1) is 6.77. The third-order valence-electron chi connectivity index (χ3n) is 0.714. The second kappa shape index (κ2) is 2.49. The van der Waals surface area contributed by atoms with Gasteiger partial charge in [-0.1, -0.05) is 22.9 Å². The summed E-state index contributed by atoms with van der Waals surface area (Å²) in [4.78, 5) is 3.99. The highest BCUT2D eigenvalue weighted by molar-refractivity contribution is 14.1. The Morgan fingerprint density at radius 1 is 1.75 bits per heavy atom. The van der Waals surface area contributed by atoms with E-state index in [2.05, 4.69) is 27.6 Å². The molecule has 0 radical (unpaired) electrons. The molecule has 0 amide bonds. The lowest BCUT2D eigenvalue weighted by atomic mass is 10.6. The summed E-state index contributed by atoms with van der Waals surface area (Å²) in [5, 5.41) is 0. The maximum atomic E-state index is 5.57. The third-order valence-corrected chi connectivity index (χ3v) is 3.21. The molecule has 0 aromatic carbocycles. The summed E-state index contributed by atoms with van der Waals surface area (Å²) in [5.74, 6) is 0. The largest absolute Gasteiger partial charge is 0.229 e. The van der Waals surface area contributed by atoms with Crippen molar-refractivity contribution >= 4 is 45.5 Å². The molecule has 1 heterocycles. The van der Waals surface area contributed by atoms with Gasteiger partial charge in [0.2, 0.25) is 0 Å². The molecule has 0 aliphatic heterocycles. The third kappa shape index (κ3) is 1.33. The fraction of sp³-hybridized carbons (Fsp3) is 0.250. The number of hydrogen-bond acceptors (Lipinski definition) is 2. The summed E-state index contributed by atoms with van der Waals surface area (Å²) in [7, 11) is 0. The quantitative estimate of drug-likeness (QED) is 0.653. The molecule has 0 atom stereocenters. The Kier molecular flexibility index (Phi) is 2.11. The van der Waals surface area contributed by atoms with Crippen LogP contribution in [-0.2, 0) is 0 Å². The maximum absolute atomic E-state index is 5.57. The van der Waals surface area contributed by atoms with E-state index in [0.717, 1.165) is 5.69 Å². The average Bonchev–Trinajstić information content (AvgIpc) is 1.85. The van der Waals surface area contributed by atoms with Gasteiger partial charge in [0.25, 0.3) is 0 Å². The molecule has 0 N–H and O–H groups in total. The van der Waals surface area contributed by atoms with Crippen LogP contribution in [0.1, 0.15) is 5.69 Å². The molecule has 1 aromatic heterocycles. The number of hydrogen-bond donors (Lipinski definition) is 0. The maximum Gasteiger partial charge on any atom is 0.184 e. The van der Waals surface area contributed by atoms with E-state index in [9.17, 15) is 0 Å². The molecule has 0 saturated heterocycles. The van der Waals surface area contributed by atoms with Crippen molar-refractivity contribution in [3.05, 3.63) is 13.0 Å². The Morgan fingerprint density at radius 2 is 2.38 bits per heavy atom. The molecule has 0 spiro atoms. The van der Waals surface area contributed by atoms with Crippen LogP contribution in [0.15, 0.2) is 0 Å². The highest BCUT2D eigenvalue weighted by atomic mass is 127. The van der Waals surface area contributed by atoms with Gasteiger partial charge in [0.1, 0.15) is 0 Å².